The maximum atomic E-state index is 12.3. The van der Waals surface area contributed by atoms with Gasteiger partial charge in [-0.2, -0.15) is 0 Å². The van der Waals surface area contributed by atoms with Gasteiger partial charge in [0, 0.05) is 35.0 Å². The molecule has 1 heterocycles. The first-order valence-corrected chi connectivity index (χ1v) is 8.56. The van der Waals surface area contributed by atoms with Crippen LogP contribution in [0.25, 0.3) is 0 Å². The Bertz CT molecular complexity index is 756. The summed E-state index contributed by atoms with van der Waals surface area (Å²) >= 11 is 5.82. The number of carbonyl (C=O) groups excluding carboxylic acids is 2. The molecule has 0 aliphatic carbocycles. The first kappa shape index (κ1) is 17.5. The molecule has 1 unspecified atom stereocenters. The molecule has 2 aromatic carbocycles. The lowest BCUT2D eigenvalue weighted by atomic mass is 10.1. The minimum Gasteiger partial charge on any atom is -0.376 e. The third-order valence-corrected chi connectivity index (χ3v) is 4.26. The summed E-state index contributed by atoms with van der Waals surface area (Å²) in [5.41, 5.74) is 1.55. The highest BCUT2D eigenvalue weighted by atomic mass is 35.5. The van der Waals surface area contributed by atoms with Gasteiger partial charge in [0.05, 0.1) is 6.10 Å². The molecule has 0 bridgehead atoms. The Kier molecular flexibility index (Phi) is 5.68. The molecule has 0 spiro atoms. The predicted molar refractivity (Wildman–Crippen MR) is 97.2 cm³/mol. The minimum atomic E-state index is -0.256. The van der Waals surface area contributed by atoms with Crippen molar-refractivity contribution in [3.05, 3.63) is 64.7 Å². The molecule has 25 heavy (non-hydrogen) atoms. The first-order valence-electron chi connectivity index (χ1n) is 8.18. The van der Waals surface area contributed by atoms with Gasteiger partial charge in [-0.15, -0.1) is 0 Å². The van der Waals surface area contributed by atoms with E-state index >= 15 is 0 Å². The van der Waals surface area contributed by atoms with Gasteiger partial charge in [-0.3, -0.25) is 9.59 Å². The summed E-state index contributed by atoms with van der Waals surface area (Å²) in [6, 6.07) is 13.5. The Morgan fingerprint density at radius 3 is 2.60 bits per heavy atom. The van der Waals surface area contributed by atoms with Crippen LogP contribution < -0.4 is 10.6 Å². The summed E-state index contributed by atoms with van der Waals surface area (Å²) in [6.07, 6.45) is 2.10. The lowest BCUT2D eigenvalue weighted by molar-refractivity contribution is 0.0857. The third kappa shape index (κ3) is 4.81. The van der Waals surface area contributed by atoms with Gasteiger partial charge in [0.1, 0.15) is 0 Å². The highest BCUT2D eigenvalue weighted by Crippen LogP contribution is 2.15. The average Bonchev–Trinajstić information content (AvgIpc) is 3.14. The fourth-order valence-electron chi connectivity index (χ4n) is 2.66. The van der Waals surface area contributed by atoms with Crippen LogP contribution in [0.1, 0.15) is 33.6 Å². The van der Waals surface area contributed by atoms with E-state index in [1.807, 2.05) is 0 Å². The molecule has 1 aliphatic heterocycles. The van der Waals surface area contributed by atoms with E-state index in [-0.39, 0.29) is 17.9 Å². The molecular formula is C19H19ClN2O3. The van der Waals surface area contributed by atoms with Crippen LogP contribution in [-0.2, 0) is 4.74 Å². The summed E-state index contributed by atoms with van der Waals surface area (Å²) in [6.45, 7) is 1.26. The lowest BCUT2D eigenvalue weighted by Crippen LogP contribution is -2.31. The molecule has 2 aromatic rings. The number of rotatable bonds is 5. The van der Waals surface area contributed by atoms with Crippen molar-refractivity contribution in [2.75, 3.05) is 18.5 Å². The van der Waals surface area contributed by atoms with E-state index in [0.29, 0.717) is 28.4 Å². The zero-order valence-corrected chi connectivity index (χ0v) is 14.4. The van der Waals surface area contributed by atoms with Crippen molar-refractivity contribution < 1.29 is 14.3 Å². The number of nitrogens with one attached hydrogen (secondary N) is 2. The average molecular weight is 359 g/mol. The molecule has 1 fully saturated rings. The van der Waals surface area contributed by atoms with Crippen LogP contribution in [0.2, 0.25) is 5.02 Å². The standard InChI is InChI=1S/C19H19ClN2O3/c20-15-8-6-13(7-9-15)19(24)22-16-4-1-3-14(11-16)18(23)21-12-17-5-2-10-25-17/h1,3-4,6-9,11,17H,2,5,10,12H2,(H,21,23)(H,22,24). The van der Waals surface area contributed by atoms with Gasteiger partial charge >= 0.3 is 0 Å². The Morgan fingerprint density at radius 1 is 1.08 bits per heavy atom. The number of hydrogen-bond donors (Lipinski definition) is 2. The Hall–Kier alpha value is -2.37. The molecule has 3 rings (SSSR count). The number of halogens is 1. The number of amides is 2. The second kappa shape index (κ2) is 8.14. The van der Waals surface area contributed by atoms with Crippen LogP contribution in [0.15, 0.2) is 48.5 Å². The van der Waals surface area contributed by atoms with Gasteiger partial charge in [-0.1, -0.05) is 17.7 Å². The maximum Gasteiger partial charge on any atom is 0.255 e. The van der Waals surface area contributed by atoms with E-state index in [0.717, 1.165) is 19.4 Å². The Morgan fingerprint density at radius 2 is 1.88 bits per heavy atom. The highest BCUT2D eigenvalue weighted by molar-refractivity contribution is 6.30. The fourth-order valence-corrected chi connectivity index (χ4v) is 2.78. The van der Waals surface area contributed by atoms with Crippen LogP contribution in [0, 0.1) is 0 Å². The SMILES string of the molecule is O=C(NCC1CCCO1)c1cccc(NC(=O)c2ccc(Cl)cc2)c1. The topological polar surface area (TPSA) is 67.4 Å². The molecule has 1 aliphatic rings. The molecule has 5 nitrogen and oxygen atoms in total. The van der Waals surface area contributed by atoms with Gasteiger partial charge in [0.2, 0.25) is 0 Å². The van der Waals surface area contributed by atoms with Crippen molar-refractivity contribution in [1.82, 2.24) is 5.32 Å². The van der Waals surface area contributed by atoms with Crippen LogP contribution in [-0.4, -0.2) is 31.1 Å². The number of anilines is 1. The van der Waals surface area contributed by atoms with E-state index in [1.165, 1.54) is 0 Å². The Balaban J connectivity index is 1.61. The molecule has 0 radical (unpaired) electrons. The van der Waals surface area contributed by atoms with Gasteiger partial charge < -0.3 is 15.4 Å². The van der Waals surface area contributed by atoms with E-state index in [1.54, 1.807) is 48.5 Å². The van der Waals surface area contributed by atoms with E-state index in [9.17, 15) is 9.59 Å². The first-order chi connectivity index (χ1) is 12.1. The number of benzene rings is 2. The molecule has 1 atom stereocenters. The van der Waals surface area contributed by atoms with Crippen molar-refractivity contribution >= 4 is 29.1 Å². The van der Waals surface area contributed by atoms with Crippen molar-refractivity contribution in [3.63, 3.8) is 0 Å². The predicted octanol–water partition coefficient (Wildman–Crippen LogP) is 3.50. The maximum absolute atomic E-state index is 12.3. The third-order valence-electron chi connectivity index (χ3n) is 4.00. The van der Waals surface area contributed by atoms with E-state index < -0.39 is 0 Å². The Labute approximate surface area is 151 Å². The highest BCUT2D eigenvalue weighted by Gasteiger charge is 2.17. The van der Waals surface area contributed by atoms with Crippen LogP contribution in [0.5, 0.6) is 0 Å². The zero-order valence-electron chi connectivity index (χ0n) is 13.6. The normalized spacial score (nSPS) is 16.4. The van der Waals surface area contributed by atoms with Gasteiger partial charge in [0.15, 0.2) is 0 Å². The number of hydrogen-bond acceptors (Lipinski definition) is 3. The summed E-state index contributed by atoms with van der Waals surface area (Å²) in [7, 11) is 0. The number of ether oxygens (including phenoxy) is 1. The largest absolute Gasteiger partial charge is 0.376 e. The molecule has 130 valence electrons. The molecule has 2 amide bonds. The van der Waals surface area contributed by atoms with Crippen molar-refractivity contribution in [1.29, 1.82) is 0 Å². The quantitative estimate of drug-likeness (QED) is 0.859. The van der Waals surface area contributed by atoms with Crippen LogP contribution in [0.4, 0.5) is 5.69 Å². The zero-order chi connectivity index (χ0) is 17.6. The monoisotopic (exact) mass is 358 g/mol. The molecule has 0 aromatic heterocycles. The molecule has 2 N–H and O–H groups in total. The summed E-state index contributed by atoms with van der Waals surface area (Å²) in [5, 5.41) is 6.22. The minimum absolute atomic E-state index is 0.0942. The summed E-state index contributed by atoms with van der Waals surface area (Å²) < 4.78 is 5.49. The van der Waals surface area contributed by atoms with Crippen molar-refractivity contribution in [2.24, 2.45) is 0 Å². The van der Waals surface area contributed by atoms with Crippen LogP contribution in [0.3, 0.4) is 0 Å². The van der Waals surface area contributed by atoms with E-state index in [2.05, 4.69) is 10.6 Å². The lowest BCUT2D eigenvalue weighted by Gasteiger charge is -2.11. The van der Waals surface area contributed by atoms with Gasteiger partial charge in [-0.25, -0.2) is 0 Å². The van der Waals surface area contributed by atoms with Gasteiger partial charge in [0.25, 0.3) is 11.8 Å². The van der Waals surface area contributed by atoms with Crippen LogP contribution >= 0.6 is 11.6 Å². The molecular weight excluding hydrogens is 340 g/mol. The molecule has 0 saturated carbocycles. The molecule has 1 saturated heterocycles. The smallest absolute Gasteiger partial charge is 0.255 e. The summed E-state index contributed by atoms with van der Waals surface area (Å²) in [5.74, 6) is -0.438. The second-order valence-electron chi connectivity index (χ2n) is 5.89. The van der Waals surface area contributed by atoms with Crippen molar-refractivity contribution in [3.8, 4) is 0 Å². The van der Waals surface area contributed by atoms with E-state index in [4.69, 9.17) is 16.3 Å². The van der Waals surface area contributed by atoms with Crippen molar-refractivity contribution in [2.45, 2.75) is 18.9 Å². The van der Waals surface area contributed by atoms with Gasteiger partial charge in [-0.05, 0) is 55.3 Å². The number of carbonyl (C=O) groups is 2. The molecule has 6 heteroatoms. The summed E-state index contributed by atoms with van der Waals surface area (Å²) in [4.78, 5) is 24.5. The second-order valence-corrected chi connectivity index (χ2v) is 6.32. The fraction of sp³-hybridized carbons (Fsp3) is 0.263.